The van der Waals surface area contributed by atoms with Crippen molar-refractivity contribution in [3.05, 3.63) is 33.2 Å². The Morgan fingerprint density at radius 3 is 2.70 bits per heavy atom. The maximum atomic E-state index is 12.2. The summed E-state index contributed by atoms with van der Waals surface area (Å²) in [5.74, 6) is -0.229. The number of hydrogen-bond donors (Lipinski definition) is 2. The first kappa shape index (κ1) is 15.1. The largest absolute Gasteiger partial charge is 0.346 e. The summed E-state index contributed by atoms with van der Waals surface area (Å²) in [6, 6.07) is 1.39. The number of H-pyrrole nitrogens is 1. The van der Waals surface area contributed by atoms with Gasteiger partial charge >= 0.3 is 0 Å². The molecule has 0 aliphatic carbocycles. The molecule has 0 spiro atoms. The lowest BCUT2D eigenvalue weighted by Gasteiger charge is -2.31. The van der Waals surface area contributed by atoms with Gasteiger partial charge in [-0.2, -0.15) is 0 Å². The summed E-state index contributed by atoms with van der Waals surface area (Å²) in [5, 5.41) is 3.01. The van der Waals surface area contributed by atoms with Crippen molar-refractivity contribution >= 4 is 17.5 Å². The second-order valence-corrected chi connectivity index (χ2v) is 6.29. The normalized spacial score (nSPS) is 16.4. The smallest absolute Gasteiger partial charge is 0.266 e. The Labute approximate surface area is 123 Å². The van der Waals surface area contributed by atoms with Gasteiger partial charge in [0.1, 0.15) is 5.02 Å². The predicted molar refractivity (Wildman–Crippen MR) is 79.3 cm³/mol. The number of amides is 1. The van der Waals surface area contributed by atoms with Crippen molar-refractivity contribution in [2.75, 3.05) is 19.6 Å². The molecule has 0 saturated carbocycles. The van der Waals surface area contributed by atoms with Crippen LogP contribution < -0.4 is 10.9 Å². The van der Waals surface area contributed by atoms with Crippen molar-refractivity contribution in [3.63, 3.8) is 0 Å². The van der Waals surface area contributed by atoms with E-state index in [1.165, 1.54) is 25.1 Å². The average molecular weight is 298 g/mol. The standard InChI is InChI=1S/C14H20ClN3O2/c1-14(2,9-18-5-3-4-6-18)17-12(19)10-7-11(15)13(20)16-8-10/h7-8H,3-6,9H2,1-2H3,(H,16,20)(H,17,19). The molecule has 20 heavy (non-hydrogen) atoms. The molecule has 0 unspecified atom stereocenters. The molecule has 1 fully saturated rings. The van der Waals surface area contributed by atoms with Gasteiger partial charge in [0, 0.05) is 18.3 Å². The van der Waals surface area contributed by atoms with Gasteiger partial charge in [-0.3, -0.25) is 9.59 Å². The van der Waals surface area contributed by atoms with Crippen LogP contribution in [-0.4, -0.2) is 41.0 Å². The van der Waals surface area contributed by atoms with E-state index in [1.807, 2.05) is 13.8 Å². The van der Waals surface area contributed by atoms with Gasteiger partial charge in [0.05, 0.1) is 5.56 Å². The van der Waals surface area contributed by atoms with Gasteiger partial charge in [0.25, 0.3) is 11.5 Å². The molecule has 0 radical (unpaired) electrons. The van der Waals surface area contributed by atoms with Crippen LogP contribution in [0.1, 0.15) is 37.0 Å². The third-order valence-electron chi connectivity index (χ3n) is 3.39. The van der Waals surface area contributed by atoms with Crippen LogP contribution in [0, 0.1) is 0 Å². The van der Waals surface area contributed by atoms with Gasteiger partial charge in [-0.15, -0.1) is 0 Å². The summed E-state index contributed by atoms with van der Waals surface area (Å²) < 4.78 is 0. The highest BCUT2D eigenvalue weighted by molar-refractivity contribution is 6.30. The second-order valence-electron chi connectivity index (χ2n) is 5.89. The molecule has 1 aliphatic heterocycles. The average Bonchev–Trinajstić information content (AvgIpc) is 2.83. The summed E-state index contributed by atoms with van der Waals surface area (Å²) in [6.07, 6.45) is 3.83. The van der Waals surface area contributed by atoms with E-state index >= 15 is 0 Å². The highest BCUT2D eigenvalue weighted by atomic mass is 35.5. The molecule has 2 heterocycles. The molecule has 1 aliphatic rings. The highest BCUT2D eigenvalue weighted by Gasteiger charge is 2.26. The SMILES string of the molecule is CC(C)(CN1CCCC1)NC(=O)c1c[nH]c(=O)c(Cl)c1. The second kappa shape index (κ2) is 5.97. The van der Waals surface area contributed by atoms with E-state index < -0.39 is 0 Å². The Morgan fingerprint density at radius 2 is 2.10 bits per heavy atom. The number of likely N-dealkylation sites (tertiary alicyclic amines) is 1. The topological polar surface area (TPSA) is 65.2 Å². The summed E-state index contributed by atoms with van der Waals surface area (Å²) >= 11 is 5.73. The van der Waals surface area contributed by atoms with Gasteiger partial charge in [-0.25, -0.2) is 0 Å². The van der Waals surface area contributed by atoms with Crippen LogP contribution in [-0.2, 0) is 0 Å². The van der Waals surface area contributed by atoms with Crippen LogP contribution in [0.15, 0.2) is 17.1 Å². The lowest BCUT2D eigenvalue weighted by molar-refractivity contribution is 0.0893. The van der Waals surface area contributed by atoms with Crippen LogP contribution >= 0.6 is 11.6 Å². The van der Waals surface area contributed by atoms with Crippen LogP contribution in [0.4, 0.5) is 0 Å². The monoisotopic (exact) mass is 297 g/mol. The third kappa shape index (κ3) is 3.84. The predicted octanol–water partition coefficient (Wildman–Crippen LogP) is 1.63. The molecule has 0 atom stereocenters. The zero-order chi connectivity index (χ0) is 14.8. The van der Waals surface area contributed by atoms with E-state index in [0.717, 1.165) is 19.6 Å². The summed E-state index contributed by atoms with van der Waals surface area (Å²) in [5.41, 5.74) is -0.354. The van der Waals surface area contributed by atoms with Crippen molar-refractivity contribution in [1.82, 2.24) is 15.2 Å². The van der Waals surface area contributed by atoms with Crippen LogP contribution in [0.3, 0.4) is 0 Å². The first-order valence-electron chi connectivity index (χ1n) is 6.80. The molecular weight excluding hydrogens is 278 g/mol. The fraction of sp³-hybridized carbons (Fsp3) is 0.571. The molecule has 110 valence electrons. The quantitative estimate of drug-likeness (QED) is 0.888. The number of carbonyl (C=O) groups is 1. The Morgan fingerprint density at radius 1 is 1.45 bits per heavy atom. The molecule has 6 heteroatoms. The number of pyridine rings is 1. The number of hydrogen-bond acceptors (Lipinski definition) is 3. The number of halogens is 1. The molecule has 1 aromatic heterocycles. The molecule has 0 bridgehead atoms. The molecule has 1 aromatic rings. The fourth-order valence-corrected chi connectivity index (χ4v) is 2.68. The van der Waals surface area contributed by atoms with E-state index in [4.69, 9.17) is 11.6 Å². The van der Waals surface area contributed by atoms with Crippen LogP contribution in [0.5, 0.6) is 0 Å². The Bertz CT molecular complexity index is 548. The van der Waals surface area contributed by atoms with Crippen molar-refractivity contribution in [3.8, 4) is 0 Å². The van der Waals surface area contributed by atoms with E-state index in [0.29, 0.717) is 5.56 Å². The van der Waals surface area contributed by atoms with Crippen molar-refractivity contribution < 1.29 is 4.79 Å². The number of carbonyl (C=O) groups excluding carboxylic acids is 1. The van der Waals surface area contributed by atoms with E-state index in [2.05, 4.69) is 15.2 Å². The molecule has 1 amide bonds. The number of rotatable bonds is 4. The van der Waals surface area contributed by atoms with Gasteiger partial charge in [-0.05, 0) is 45.8 Å². The van der Waals surface area contributed by atoms with Gasteiger partial charge in [-0.1, -0.05) is 11.6 Å². The maximum Gasteiger partial charge on any atom is 0.266 e. The molecular formula is C14H20ClN3O2. The van der Waals surface area contributed by atoms with E-state index in [1.54, 1.807) is 0 Å². The Balaban J connectivity index is 2.01. The highest BCUT2D eigenvalue weighted by Crippen LogP contribution is 2.14. The lowest BCUT2D eigenvalue weighted by Crippen LogP contribution is -2.51. The van der Waals surface area contributed by atoms with Gasteiger partial charge in [0.15, 0.2) is 0 Å². The van der Waals surface area contributed by atoms with Crippen LogP contribution in [0.25, 0.3) is 0 Å². The van der Waals surface area contributed by atoms with Crippen molar-refractivity contribution in [1.29, 1.82) is 0 Å². The summed E-state index contributed by atoms with van der Waals surface area (Å²) in [4.78, 5) is 28.2. The molecule has 5 nitrogen and oxygen atoms in total. The lowest BCUT2D eigenvalue weighted by atomic mass is 10.0. The third-order valence-corrected chi connectivity index (χ3v) is 3.67. The van der Waals surface area contributed by atoms with Gasteiger partial charge < -0.3 is 15.2 Å². The number of nitrogens with one attached hydrogen (secondary N) is 2. The zero-order valence-electron chi connectivity index (χ0n) is 11.8. The van der Waals surface area contributed by atoms with E-state index in [-0.39, 0.29) is 22.0 Å². The molecule has 2 N–H and O–H groups in total. The Kier molecular flexibility index (Phi) is 4.50. The minimum absolute atomic E-state index is 0.0231. The molecule has 0 aromatic carbocycles. The van der Waals surface area contributed by atoms with Gasteiger partial charge in [0.2, 0.25) is 0 Å². The fourth-order valence-electron chi connectivity index (χ4n) is 2.51. The zero-order valence-corrected chi connectivity index (χ0v) is 12.6. The van der Waals surface area contributed by atoms with Crippen molar-refractivity contribution in [2.45, 2.75) is 32.2 Å². The minimum atomic E-state index is -0.389. The number of aromatic amines is 1. The van der Waals surface area contributed by atoms with E-state index in [9.17, 15) is 9.59 Å². The number of aromatic nitrogens is 1. The Hall–Kier alpha value is -1.33. The molecule has 2 rings (SSSR count). The number of nitrogens with zero attached hydrogens (tertiary/aromatic N) is 1. The van der Waals surface area contributed by atoms with Crippen molar-refractivity contribution in [2.24, 2.45) is 0 Å². The van der Waals surface area contributed by atoms with Crippen LogP contribution in [0.2, 0.25) is 5.02 Å². The molecule has 1 saturated heterocycles. The minimum Gasteiger partial charge on any atom is -0.346 e. The first-order valence-corrected chi connectivity index (χ1v) is 7.18. The summed E-state index contributed by atoms with van der Waals surface area (Å²) in [7, 11) is 0. The maximum absolute atomic E-state index is 12.2. The first-order chi connectivity index (χ1) is 9.37. The summed E-state index contributed by atoms with van der Waals surface area (Å²) in [6.45, 7) is 6.98.